The van der Waals surface area contributed by atoms with Crippen molar-refractivity contribution >= 4 is 28.8 Å². The number of hydrogen-bond acceptors (Lipinski definition) is 5. The summed E-state index contributed by atoms with van der Waals surface area (Å²) in [7, 11) is 0. The smallest absolute Gasteiger partial charge is 0.351 e. The second-order valence-electron chi connectivity index (χ2n) is 5.84. The van der Waals surface area contributed by atoms with E-state index in [0.717, 1.165) is 4.68 Å². The number of ether oxygens (including phenoxy) is 1. The Morgan fingerprint density at radius 3 is 2.61 bits per heavy atom. The number of benzene rings is 2. The molecule has 140 valence electrons. The predicted molar refractivity (Wildman–Crippen MR) is 104 cm³/mol. The van der Waals surface area contributed by atoms with Gasteiger partial charge in [0.05, 0.1) is 0 Å². The number of fused-ring (bicyclic) bond motifs is 1. The maximum absolute atomic E-state index is 12.5. The van der Waals surface area contributed by atoms with Crippen molar-refractivity contribution < 1.29 is 9.53 Å². The maximum atomic E-state index is 12.5. The highest BCUT2D eigenvalue weighted by Gasteiger charge is 2.15. The third-order valence-electron chi connectivity index (χ3n) is 3.85. The summed E-state index contributed by atoms with van der Waals surface area (Å²) in [6.45, 7) is -0.256. The van der Waals surface area contributed by atoms with Crippen LogP contribution in [0.5, 0.6) is 11.6 Å². The van der Waals surface area contributed by atoms with Crippen LogP contribution in [0.25, 0.3) is 5.65 Å². The molecule has 2 aromatic carbocycles. The van der Waals surface area contributed by atoms with Crippen LogP contribution in [-0.2, 0) is 11.3 Å². The lowest BCUT2D eigenvalue weighted by Crippen LogP contribution is -2.28. The number of para-hydroxylation sites is 1. The van der Waals surface area contributed by atoms with Gasteiger partial charge in [-0.2, -0.15) is 0 Å². The summed E-state index contributed by atoms with van der Waals surface area (Å²) in [6, 6.07) is 15.7. The summed E-state index contributed by atoms with van der Waals surface area (Å²) < 4.78 is 8.05. The fourth-order valence-electron chi connectivity index (χ4n) is 2.57. The number of nitrogens with zero attached hydrogens (tertiary/aromatic N) is 4. The molecule has 4 rings (SSSR count). The van der Waals surface area contributed by atoms with Gasteiger partial charge in [-0.05, 0) is 36.4 Å². The van der Waals surface area contributed by atoms with Crippen molar-refractivity contribution in [1.29, 1.82) is 0 Å². The lowest BCUT2D eigenvalue weighted by molar-refractivity contribution is -0.117. The highest BCUT2D eigenvalue weighted by atomic mass is 35.5. The molecule has 0 saturated heterocycles. The highest BCUT2D eigenvalue weighted by molar-refractivity contribution is 6.30. The Bertz CT molecular complexity index is 1190. The van der Waals surface area contributed by atoms with E-state index >= 15 is 0 Å². The predicted octanol–water partition coefficient (Wildman–Crippen LogP) is 2.98. The zero-order chi connectivity index (χ0) is 19.5. The van der Waals surface area contributed by atoms with E-state index in [4.69, 9.17) is 16.3 Å². The van der Waals surface area contributed by atoms with Gasteiger partial charge in [0.2, 0.25) is 11.6 Å². The Morgan fingerprint density at radius 2 is 1.86 bits per heavy atom. The van der Waals surface area contributed by atoms with Crippen LogP contribution in [0.4, 0.5) is 5.69 Å². The molecule has 0 radical (unpaired) electrons. The van der Waals surface area contributed by atoms with Crippen molar-refractivity contribution in [3.8, 4) is 11.6 Å². The van der Waals surface area contributed by atoms with Crippen LogP contribution in [0.2, 0.25) is 5.02 Å². The van der Waals surface area contributed by atoms with Crippen LogP contribution in [0.3, 0.4) is 0 Å². The van der Waals surface area contributed by atoms with Crippen molar-refractivity contribution in [2.45, 2.75) is 6.54 Å². The Kier molecular flexibility index (Phi) is 4.77. The van der Waals surface area contributed by atoms with Crippen molar-refractivity contribution in [1.82, 2.24) is 19.2 Å². The molecule has 4 aromatic rings. The molecule has 28 heavy (non-hydrogen) atoms. The molecule has 0 atom stereocenters. The lowest BCUT2D eigenvalue weighted by atomic mass is 10.3. The second-order valence-corrected chi connectivity index (χ2v) is 6.27. The van der Waals surface area contributed by atoms with E-state index in [0.29, 0.717) is 16.5 Å². The van der Waals surface area contributed by atoms with Gasteiger partial charge in [-0.25, -0.2) is 18.9 Å². The SMILES string of the molecule is O=C(Cn1nc2c(Oc3ccccc3)nccn2c1=O)Nc1ccc(Cl)cc1. The molecule has 2 aromatic heterocycles. The third kappa shape index (κ3) is 3.72. The molecule has 0 unspecified atom stereocenters. The van der Waals surface area contributed by atoms with Gasteiger partial charge < -0.3 is 10.1 Å². The fraction of sp³-hybridized carbons (Fsp3) is 0.0526. The zero-order valence-corrected chi connectivity index (χ0v) is 15.2. The molecule has 0 aliphatic heterocycles. The summed E-state index contributed by atoms with van der Waals surface area (Å²) >= 11 is 5.83. The number of hydrogen-bond donors (Lipinski definition) is 1. The first-order valence-electron chi connectivity index (χ1n) is 8.33. The van der Waals surface area contributed by atoms with Gasteiger partial charge >= 0.3 is 5.69 Å². The molecule has 0 spiro atoms. The molecule has 1 amide bonds. The van der Waals surface area contributed by atoms with Crippen molar-refractivity contribution in [2.24, 2.45) is 0 Å². The van der Waals surface area contributed by atoms with E-state index in [9.17, 15) is 9.59 Å². The summed E-state index contributed by atoms with van der Waals surface area (Å²) in [6.07, 6.45) is 2.91. The Labute approximate surface area is 164 Å². The van der Waals surface area contributed by atoms with Crippen molar-refractivity contribution in [2.75, 3.05) is 5.32 Å². The van der Waals surface area contributed by atoms with Crippen molar-refractivity contribution in [3.05, 3.63) is 82.5 Å². The fourth-order valence-corrected chi connectivity index (χ4v) is 2.70. The minimum absolute atomic E-state index is 0.169. The van der Waals surface area contributed by atoms with Gasteiger partial charge in [0.1, 0.15) is 12.3 Å². The number of halogens is 1. The number of carbonyl (C=O) groups is 1. The molecular formula is C19H14ClN5O3. The number of rotatable bonds is 5. The monoisotopic (exact) mass is 395 g/mol. The zero-order valence-electron chi connectivity index (χ0n) is 14.4. The standard InChI is InChI=1S/C19H14ClN5O3/c20-13-6-8-14(9-7-13)22-16(26)12-25-19(27)24-11-10-21-18(17(24)23-25)28-15-4-2-1-3-5-15/h1-11H,12H2,(H,22,26). The van der Waals surface area contributed by atoms with Crippen LogP contribution in [-0.4, -0.2) is 25.1 Å². The van der Waals surface area contributed by atoms with E-state index in [2.05, 4.69) is 15.4 Å². The molecule has 0 aliphatic carbocycles. The average molecular weight is 396 g/mol. The second kappa shape index (κ2) is 7.53. The van der Waals surface area contributed by atoms with E-state index in [1.54, 1.807) is 36.4 Å². The van der Waals surface area contributed by atoms with Gasteiger partial charge in [0.25, 0.3) is 5.88 Å². The minimum Gasteiger partial charge on any atom is -0.436 e. The number of aromatic nitrogens is 4. The maximum Gasteiger partial charge on any atom is 0.351 e. The first kappa shape index (κ1) is 17.7. The van der Waals surface area contributed by atoms with Crippen LogP contribution < -0.4 is 15.7 Å². The Morgan fingerprint density at radius 1 is 1.11 bits per heavy atom. The third-order valence-corrected chi connectivity index (χ3v) is 4.10. The lowest BCUT2D eigenvalue weighted by Gasteiger charge is -2.04. The van der Waals surface area contributed by atoms with Gasteiger partial charge in [0.15, 0.2) is 0 Å². The van der Waals surface area contributed by atoms with Gasteiger partial charge in [0, 0.05) is 23.1 Å². The quantitative estimate of drug-likeness (QED) is 0.561. The molecule has 1 N–H and O–H groups in total. The molecule has 9 heteroatoms. The van der Waals surface area contributed by atoms with Crippen LogP contribution in [0, 0.1) is 0 Å². The molecule has 8 nitrogen and oxygen atoms in total. The van der Waals surface area contributed by atoms with Crippen molar-refractivity contribution in [3.63, 3.8) is 0 Å². The van der Waals surface area contributed by atoms with Crippen LogP contribution in [0.1, 0.15) is 0 Å². The molecule has 0 saturated carbocycles. The van der Waals surface area contributed by atoms with Crippen LogP contribution >= 0.6 is 11.6 Å². The summed E-state index contributed by atoms with van der Waals surface area (Å²) in [4.78, 5) is 29.0. The van der Waals surface area contributed by atoms with Gasteiger partial charge in [-0.3, -0.25) is 4.79 Å². The van der Waals surface area contributed by atoms with Crippen LogP contribution in [0.15, 0.2) is 71.8 Å². The van der Waals surface area contributed by atoms with Gasteiger partial charge in [-0.15, -0.1) is 5.10 Å². The highest BCUT2D eigenvalue weighted by Crippen LogP contribution is 2.21. The van der Waals surface area contributed by atoms with Gasteiger partial charge in [-0.1, -0.05) is 29.8 Å². The molecule has 0 fully saturated rings. The van der Waals surface area contributed by atoms with E-state index in [1.807, 2.05) is 18.2 Å². The van der Waals surface area contributed by atoms with E-state index < -0.39 is 11.6 Å². The summed E-state index contributed by atoms with van der Waals surface area (Å²) in [5.41, 5.74) is 0.318. The largest absolute Gasteiger partial charge is 0.436 e. The summed E-state index contributed by atoms with van der Waals surface area (Å²) in [5.74, 6) is 0.333. The summed E-state index contributed by atoms with van der Waals surface area (Å²) in [5, 5.41) is 7.45. The molecular weight excluding hydrogens is 382 g/mol. The number of nitrogens with one attached hydrogen (secondary N) is 1. The Balaban J connectivity index is 1.58. The molecule has 0 aliphatic rings. The van der Waals surface area contributed by atoms with E-state index in [1.165, 1.54) is 16.8 Å². The average Bonchev–Trinajstić information content (AvgIpc) is 3.01. The molecule has 2 heterocycles. The Hall–Kier alpha value is -3.65. The minimum atomic E-state index is -0.471. The normalized spacial score (nSPS) is 10.8. The first-order chi connectivity index (χ1) is 13.6. The van der Waals surface area contributed by atoms with E-state index in [-0.39, 0.29) is 18.1 Å². The number of anilines is 1. The topological polar surface area (TPSA) is 90.5 Å². The molecule has 0 bridgehead atoms. The first-order valence-corrected chi connectivity index (χ1v) is 8.70. The number of amides is 1. The number of carbonyl (C=O) groups excluding carboxylic acids is 1.